The van der Waals surface area contributed by atoms with Gasteiger partial charge < -0.3 is 4.98 Å². The van der Waals surface area contributed by atoms with Crippen molar-refractivity contribution in [2.75, 3.05) is 0 Å². The highest BCUT2D eigenvalue weighted by molar-refractivity contribution is 7.99. The van der Waals surface area contributed by atoms with Crippen LogP contribution in [0.5, 0.6) is 0 Å². The lowest BCUT2D eigenvalue weighted by atomic mass is 10.2. The summed E-state index contributed by atoms with van der Waals surface area (Å²) in [6.07, 6.45) is 1.63. The molecule has 0 saturated heterocycles. The standard InChI is InChI=1S/C14H10N4S/c1-9-2-3-11-12(6-9)18-14(17-11)19-13-7-10(8-15)4-5-16-13/h2-7H,1H3,(H,17,18). The monoisotopic (exact) mass is 266 g/mol. The predicted molar refractivity (Wildman–Crippen MR) is 73.9 cm³/mol. The number of aryl methyl sites for hydroxylation is 1. The molecule has 0 atom stereocenters. The molecule has 3 rings (SSSR count). The molecule has 5 heteroatoms. The van der Waals surface area contributed by atoms with Crippen LogP contribution in [-0.4, -0.2) is 15.0 Å². The molecule has 0 aliphatic carbocycles. The molecule has 3 aromatic rings. The van der Waals surface area contributed by atoms with Crippen molar-refractivity contribution in [1.82, 2.24) is 15.0 Å². The number of H-pyrrole nitrogens is 1. The normalized spacial score (nSPS) is 10.5. The number of nitrogens with one attached hydrogen (secondary N) is 1. The largest absolute Gasteiger partial charge is 0.333 e. The van der Waals surface area contributed by atoms with Crippen LogP contribution in [-0.2, 0) is 0 Å². The molecule has 1 N–H and O–H groups in total. The van der Waals surface area contributed by atoms with Crippen LogP contribution in [0.2, 0.25) is 0 Å². The van der Waals surface area contributed by atoms with Crippen molar-refractivity contribution >= 4 is 22.8 Å². The van der Waals surface area contributed by atoms with Gasteiger partial charge in [-0.25, -0.2) is 9.97 Å². The third-order valence-electron chi connectivity index (χ3n) is 2.68. The van der Waals surface area contributed by atoms with E-state index < -0.39 is 0 Å². The molecule has 19 heavy (non-hydrogen) atoms. The van der Waals surface area contributed by atoms with E-state index in [2.05, 4.69) is 27.1 Å². The smallest absolute Gasteiger partial charge is 0.172 e. The predicted octanol–water partition coefficient (Wildman–Crippen LogP) is 3.29. The lowest BCUT2D eigenvalue weighted by Crippen LogP contribution is -1.82. The zero-order valence-corrected chi connectivity index (χ0v) is 11.0. The highest BCUT2D eigenvalue weighted by atomic mass is 32.2. The zero-order valence-electron chi connectivity index (χ0n) is 10.2. The first-order valence-electron chi connectivity index (χ1n) is 5.75. The van der Waals surface area contributed by atoms with Gasteiger partial charge in [-0.2, -0.15) is 5.26 Å². The third kappa shape index (κ3) is 2.44. The van der Waals surface area contributed by atoms with Crippen molar-refractivity contribution in [3.05, 3.63) is 47.7 Å². The highest BCUT2D eigenvalue weighted by Crippen LogP contribution is 2.26. The van der Waals surface area contributed by atoms with Gasteiger partial charge in [0.25, 0.3) is 0 Å². The molecular formula is C14H10N4S. The van der Waals surface area contributed by atoms with E-state index >= 15 is 0 Å². The number of aromatic nitrogens is 3. The van der Waals surface area contributed by atoms with Crippen molar-refractivity contribution in [3.8, 4) is 6.07 Å². The quantitative estimate of drug-likeness (QED) is 0.773. The van der Waals surface area contributed by atoms with E-state index in [1.807, 2.05) is 19.1 Å². The highest BCUT2D eigenvalue weighted by Gasteiger charge is 2.06. The molecule has 4 nitrogen and oxygen atoms in total. The number of benzene rings is 1. The number of hydrogen-bond acceptors (Lipinski definition) is 4. The number of fused-ring (bicyclic) bond motifs is 1. The maximum absolute atomic E-state index is 8.86. The Morgan fingerprint density at radius 3 is 3.00 bits per heavy atom. The summed E-state index contributed by atoms with van der Waals surface area (Å²) < 4.78 is 0. The Labute approximate surface area is 114 Å². The molecule has 0 unspecified atom stereocenters. The van der Waals surface area contributed by atoms with Gasteiger partial charge in [0, 0.05) is 6.20 Å². The van der Waals surface area contributed by atoms with E-state index in [9.17, 15) is 0 Å². The van der Waals surface area contributed by atoms with Crippen molar-refractivity contribution in [1.29, 1.82) is 5.26 Å². The van der Waals surface area contributed by atoms with Gasteiger partial charge in [0.1, 0.15) is 5.03 Å². The summed E-state index contributed by atoms with van der Waals surface area (Å²) in [5, 5.41) is 10.4. The summed E-state index contributed by atoms with van der Waals surface area (Å²) in [7, 11) is 0. The Morgan fingerprint density at radius 1 is 1.26 bits per heavy atom. The summed E-state index contributed by atoms with van der Waals surface area (Å²) in [5.41, 5.74) is 3.74. The number of hydrogen-bond donors (Lipinski definition) is 1. The number of rotatable bonds is 2. The number of pyridine rings is 1. The molecule has 0 spiro atoms. The van der Waals surface area contributed by atoms with Crippen LogP contribution in [0.3, 0.4) is 0 Å². The van der Waals surface area contributed by atoms with Gasteiger partial charge in [-0.05, 0) is 48.5 Å². The molecular weight excluding hydrogens is 256 g/mol. The second kappa shape index (κ2) is 4.75. The SMILES string of the molecule is Cc1ccc2nc(Sc3cc(C#N)ccn3)[nH]c2c1. The average molecular weight is 266 g/mol. The van der Waals surface area contributed by atoms with Crippen LogP contribution in [0.15, 0.2) is 46.7 Å². The molecule has 2 aromatic heterocycles. The minimum absolute atomic E-state index is 0.601. The fraction of sp³-hybridized carbons (Fsp3) is 0.0714. The Balaban J connectivity index is 1.94. The summed E-state index contributed by atoms with van der Waals surface area (Å²) in [5.74, 6) is 0. The topological polar surface area (TPSA) is 65.4 Å². The second-order valence-electron chi connectivity index (χ2n) is 4.16. The van der Waals surface area contributed by atoms with Crippen LogP contribution >= 0.6 is 11.8 Å². The molecule has 1 aromatic carbocycles. The van der Waals surface area contributed by atoms with Gasteiger partial charge in [0.05, 0.1) is 22.7 Å². The van der Waals surface area contributed by atoms with Crippen LogP contribution in [0.25, 0.3) is 11.0 Å². The zero-order chi connectivity index (χ0) is 13.2. The van der Waals surface area contributed by atoms with Crippen LogP contribution in [0, 0.1) is 18.3 Å². The van der Waals surface area contributed by atoms with E-state index in [-0.39, 0.29) is 0 Å². The van der Waals surface area contributed by atoms with E-state index in [4.69, 9.17) is 5.26 Å². The Hall–Kier alpha value is -2.32. The molecule has 0 aliphatic rings. The first-order valence-corrected chi connectivity index (χ1v) is 6.56. The van der Waals surface area contributed by atoms with E-state index in [1.54, 1.807) is 18.3 Å². The molecule has 0 aliphatic heterocycles. The number of imidazole rings is 1. The van der Waals surface area contributed by atoms with Gasteiger partial charge in [0.2, 0.25) is 0 Å². The van der Waals surface area contributed by atoms with Crippen LogP contribution in [0.1, 0.15) is 11.1 Å². The number of nitriles is 1. The van der Waals surface area contributed by atoms with Gasteiger partial charge in [-0.1, -0.05) is 6.07 Å². The van der Waals surface area contributed by atoms with Crippen molar-refractivity contribution in [3.63, 3.8) is 0 Å². The van der Waals surface area contributed by atoms with Crippen molar-refractivity contribution in [2.24, 2.45) is 0 Å². The molecule has 0 radical (unpaired) electrons. The molecule has 92 valence electrons. The van der Waals surface area contributed by atoms with Crippen LogP contribution in [0.4, 0.5) is 0 Å². The van der Waals surface area contributed by atoms with Gasteiger partial charge in [-0.3, -0.25) is 0 Å². The van der Waals surface area contributed by atoms with Gasteiger partial charge in [-0.15, -0.1) is 0 Å². The first-order chi connectivity index (χ1) is 9.24. The summed E-state index contributed by atoms with van der Waals surface area (Å²) >= 11 is 1.42. The Kier molecular flexibility index (Phi) is 2.94. The summed E-state index contributed by atoms with van der Waals surface area (Å²) in [6.45, 7) is 2.05. The molecule has 0 saturated carbocycles. The van der Waals surface area contributed by atoms with Crippen molar-refractivity contribution < 1.29 is 0 Å². The average Bonchev–Trinajstić information content (AvgIpc) is 2.80. The minimum Gasteiger partial charge on any atom is -0.333 e. The van der Waals surface area contributed by atoms with Gasteiger partial charge in [0.15, 0.2) is 5.16 Å². The van der Waals surface area contributed by atoms with Crippen LogP contribution < -0.4 is 0 Å². The maximum atomic E-state index is 8.86. The maximum Gasteiger partial charge on any atom is 0.172 e. The Morgan fingerprint density at radius 2 is 2.16 bits per heavy atom. The van der Waals surface area contributed by atoms with Crippen molar-refractivity contribution in [2.45, 2.75) is 17.1 Å². The minimum atomic E-state index is 0.601. The number of nitrogens with zero attached hydrogens (tertiary/aromatic N) is 3. The van der Waals surface area contributed by atoms with E-state index in [0.29, 0.717) is 5.56 Å². The fourth-order valence-corrected chi connectivity index (χ4v) is 2.58. The number of aromatic amines is 1. The molecule has 0 bridgehead atoms. The van der Waals surface area contributed by atoms with Gasteiger partial charge >= 0.3 is 0 Å². The molecule has 0 amide bonds. The lowest BCUT2D eigenvalue weighted by molar-refractivity contribution is 1.05. The lowest BCUT2D eigenvalue weighted by Gasteiger charge is -1.96. The summed E-state index contributed by atoms with van der Waals surface area (Å²) in [4.78, 5) is 12.0. The first kappa shape index (κ1) is 11.8. The fourth-order valence-electron chi connectivity index (χ4n) is 1.78. The molecule has 0 fully saturated rings. The second-order valence-corrected chi connectivity index (χ2v) is 5.17. The van der Waals surface area contributed by atoms with E-state index in [0.717, 1.165) is 21.2 Å². The van der Waals surface area contributed by atoms with E-state index in [1.165, 1.54) is 17.3 Å². The third-order valence-corrected chi connectivity index (χ3v) is 3.50. The summed E-state index contributed by atoms with van der Waals surface area (Å²) in [6, 6.07) is 11.6. The molecule has 2 heterocycles. The Bertz CT molecular complexity index is 785.